The van der Waals surface area contributed by atoms with E-state index < -0.39 is 0 Å². The zero-order valence-corrected chi connectivity index (χ0v) is 5.98. The largest absolute Gasteiger partial charge is 0.364 e. The van der Waals surface area contributed by atoms with Gasteiger partial charge in [0, 0.05) is 18.4 Å². The van der Waals surface area contributed by atoms with Gasteiger partial charge in [0.25, 0.3) is 0 Å². The fourth-order valence-corrected chi connectivity index (χ4v) is 1.45. The van der Waals surface area contributed by atoms with Gasteiger partial charge in [-0.15, -0.1) is 0 Å². The Morgan fingerprint density at radius 2 is 2.40 bits per heavy atom. The Labute approximate surface area is 60.6 Å². The summed E-state index contributed by atoms with van der Waals surface area (Å²) in [6.07, 6.45) is 4.52. The number of nitrogens with one attached hydrogen (secondary N) is 2. The van der Waals surface area contributed by atoms with Crippen molar-refractivity contribution < 1.29 is 0 Å². The molecule has 0 saturated heterocycles. The number of hydrogen-bond donors (Lipinski definition) is 2. The van der Waals surface area contributed by atoms with Crippen molar-refractivity contribution in [3.05, 3.63) is 23.5 Å². The molecule has 0 aliphatic carbocycles. The van der Waals surface area contributed by atoms with Gasteiger partial charge in [0.15, 0.2) is 0 Å². The highest BCUT2D eigenvalue weighted by molar-refractivity contribution is 5.21. The molecule has 0 spiro atoms. The summed E-state index contributed by atoms with van der Waals surface area (Å²) in [6.45, 7) is 2.17. The van der Waals surface area contributed by atoms with E-state index in [0.717, 1.165) is 13.1 Å². The van der Waals surface area contributed by atoms with Crippen LogP contribution in [0.15, 0.2) is 12.3 Å². The average Bonchev–Trinajstić information content (AvgIpc) is 2.28. The van der Waals surface area contributed by atoms with Gasteiger partial charge in [-0.1, -0.05) is 0 Å². The van der Waals surface area contributed by atoms with Crippen LogP contribution in [-0.4, -0.2) is 11.5 Å². The lowest BCUT2D eigenvalue weighted by atomic mass is 10.1. The van der Waals surface area contributed by atoms with Gasteiger partial charge < -0.3 is 10.3 Å². The van der Waals surface area contributed by atoms with Crippen LogP contribution < -0.4 is 5.32 Å². The van der Waals surface area contributed by atoms with Crippen LogP contribution in [-0.2, 0) is 13.0 Å². The predicted octanol–water partition coefficient (Wildman–Crippen LogP) is 1.05. The summed E-state index contributed by atoms with van der Waals surface area (Å²) in [5.41, 5.74) is 2.86. The SMILES string of the molecule is c1cc2c([nH]1)CNCCC2. The van der Waals surface area contributed by atoms with Crippen molar-refractivity contribution >= 4 is 0 Å². The van der Waals surface area contributed by atoms with E-state index in [0.29, 0.717) is 0 Å². The third-order valence-electron chi connectivity index (χ3n) is 2.03. The minimum atomic E-state index is 1.02. The van der Waals surface area contributed by atoms with Crippen LogP contribution >= 0.6 is 0 Å². The predicted molar refractivity (Wildman–Crippen MR) is 40.8 cm³/mol. The summed E-state index contributed by atoms with van der Waals surface area (Å²) in [5, 5.41) is 3.36. The lowest BCUT2D eigenvalue weighted by Gasteiger charge is -1.95. The molecule has 2 nitrogen and oxygen atoms in total. The molecule has 2 rings (SSSR count). The highest BCUT2D eigenvalue weighted by Gasteiger charge is 2.05. The maximum atomic E-state index is 3.36. The Morgan fingerprint density at radius 3 is 3.40 bits per heavy atom. The summed E-state index contributed by atoms with van der Waals surface area (Å²) in [7, 11) is 0. The van der Waals surface area contributed by atoms with Gasteiger partial charge in [-0.2, -0.15) is 0 Å². The first-order valence-corrected chi connectivity index (χ1v) is 3.82. The molecule has 0 fully saturated rings. The van der Waals surface area contributed by atoms with E-state index in [1.165, 1.54) is 24.1 Å². The van der Waals surface area contributed by atoms with Gasteiger partial charge in [0.1, 0.15) is 0 Å². The minimum Gasteiger partial charge on any atom is -0.364 e. The third-order valence-corrected chi connectivity index (χ3v) is 2.03. The Morgan fingerprint density at radius 1 is 1.40 bits per heavy atom. The molecule has 2 heteroatoms. The first-order chi connectivity index (χ1) is 4.97. The van der Waals surface area contributed by atoms with Crippen LogP contribution in [0.3, 0.4) is 0 Å². The number of aromatic nitrogens is 1. The van der Waals surface area contributed by atoms with E-state index in [4.69, 9.17) is 0 Å². The Balaban J connectivity index is 2.28. The molecule has 0 atom stereocenters. The van der Waals surface area contributed by atoms with Crippen molar-refractivity contribution in [2.24, 2.45) is 0 Å². The van der Waals surface area contributed by atoms with Crippen LogP contribution in [0.5, 0.6) is 0 Å². The molecule has 1 aromatic heterocycles. The van der Waals surface area contributed by atoms with E-state index >= 15 is 0 Å². The van der Waals surface area contributed by atoms with Crippen LogP contribution in [0, 0.1) is 0 Å². The quantitative estimate of drug-likeness (QED) is 0.548. The highest BCUT2D eigenvalue weighted by Crippen LogP contribution is 2.11. The van der Waals surface area contributed by atoms with E-state index in [1.54, 1.807) is 0 Å². The number of hydrogen-bond acceptors (Lipinski definition) is 1. The zero-order chi connectivity index (χ0) is 6.81. The molecular formula is C8H12N2. The summed E-state index contributed by atoms with van der Waals surface area (Å²) in [5.74, 6) is 0. The zero-order valence-electron chi connectivity index (χ0n) is 5.98. The number of fused-ring (bicyclic) bond motifs is 1. The first-order valence-electron chi connectivity index (χ1n) is 3.82. The number of rotatable bonds is 0. The van der Waals surface area contributed by atoms with Crippen molar-refractivity contribution in [2.75, 3.05) is 6.54 Å². The first kappa shape index (κ1) is 5.98. The van der Waals surface area contributed by atoms with Crippen LogP contribution in [0.1, 0.15) is 17.7 Å². The van der Waals surface area contributed by atoms with E-state index in [-0.39, 0.29) is 0 Å². The molecule has 0 amide bonds. The minimum absolute atomic E-state index is 1.02. The van der Waals surface area contributed by atoms with Crippen molar-refractivity contribution in [1.82, 2.24) is 10.3 Å². The van der Waals surface area contributed by atoms with Crippen molar-refractivity contribution in [3.63, 3.8) is 0 Å². The summed E-state index contributed by atoms with van der Waals surface area (Å²) < 4.78 is 0. The fourth-order valence-electron chi connectivity index (χ4n) is 1.45. The van der Waals surface area contributed by atoms with Crippen LogP contribution in [0.2, 0.25) is 0 Å². The van der Waals surface area contributed by atoms with E-state index in [2.05, 4.69) is 16.4 Å². The monoisotopic (exact) mass is 136 g/mol. The van der Waals surface area contributed by atoms with Gasteiger partial charge in [0.2, 0.25) is 0 Å². The topological polar surface area (TPSA) is 27.8 Å². The summed E-state index contributed by atoms with van der Waals surface area (Å²) in [6, 6.07) is 2.18. The van der Waals surface area contributed by atoms with E-state index in [1.807, 2.05) is 6.20 Å². The molecule has 0 radical (unpaired) electrons. The smallest absolute Gasteiger partial charge is 0.0360 e. The molecule has 10 heavy (non-hydrogen) atoms. The molecule has 0 saturated carbocycles. The molecular weight excluding hydrogens is 124 g/mol. The lowest BCUT2D eigenvalue weighted by molar-refractivity contribution is 0.673. The van der Waals surface area contributed by atoms with Gasteiger partial charge >= 0.3 is 0 Å². The Hall–Kier alpha value is -0.760. The average molecular weight is 136 g/mol. The van der Waals surface area contributed by atoms with Crippen LogP contribution in [0.4, 0.5) is 0 Å². The standard InChI is InChI=1S/C8H12N2/c1-2-7-3-5-10-8(7)6-9-4-1/h3,5,9-10H,1-2,4,6H2. The molecule has 0 bridgehead atoms. The molecule has 0 unspecified atom stereocenters. The number of aryl methyl sites for hydroxylation is 1. The second-order valence-corrected chi connectivity index (χ2v) is 2.76. The molecule has 1 aliphatic rings. The van der Waals surface area contributed by atoms with Gasteiger partial charge in [-0.25, -0.2) is 0 Å². The van der Waals surface area contributed by atoms with Gasteiger partial charge in [0.05, 0.1) is 0 Å². The van der Waals surface area contributed by atoms with Gasteiger partial charge in [-0.05, 0) is 31.0 Å². The molecule has 1 aromatic rings. The summed E-state index contributed by atoms with van der Waals surface area (Å²) in [4.78, 5) is 3.24. The van der Waals surface area contributed by atoms with Crippen molar-refractivity contribution in [2.45, 2.75) is 19.4 Å². The molecule has 1 aliphatic heterocycles. The second-order valence-electron chi connectivity index (χ2n) is 2.76. The summed E-state index contributed by atoms with van der Waals surface area (Å²) >= 11 is 0. The normalized spacial score (nSPS) is 18.0. The second kappa shape index (κ2) is 2.46. The van der Waals surface area contributed by atoms with Crippen LogP contribution in [0.25, 0.3) is 0 Å². The maximum Gasteiger partial charge on any atom is 0.0360 e. The van der Waals surface area contributed by atoms with E-state index in [9.17, 15) is 0 Å². The third kappa shape index (κ3) is 0.948. The number of aromatic amines is 1. The van der Waals surface area contributed by atoms with Gasteiger partial charge in [-0.3, -0.25) is 0 Å². The Bertz CT molecular complexity index is 194. The maximum absolute atomic E-state index is 3.36. The molecule has 54 valence electrons. The highest BCUT2D eigenvalue weighted by atomic mass is 14.9. The molecule has 2 heterocycles. The Kier molecular flexibility index (Phi) is 1.47. The van der Waals surface area contributed by atoms with Crippen molar-refractivity contribution in [3.8, 4) is 0 Å². The van der Waals surface area contributed by atoms with Crippen molar-refractivity contribution in [1.29, 1.82) is 0 Å². The molecule has 0 aromatic carbocycles. The lowest BCUT2D eigenvalue weighted by Crippen LogP contribution is -2.12. The molecule has 2 N–H and O–H groups in total. The number of H-pyrrole nitrogens is 1. The fraction of sp³-hybridized carbons (Fsp3) is 0.500.